The highest BCUT2D eigenvalue weighted by Gasteiger charge is 2.20. The molecule has 1 atom stereocenters. The maximum Gasteiger partial charge on any atom is 0.135 e. The monoisotopic (exact) mass is 276 g/mol. The number of aromatic nitrogens is 1. The van der Waals surface area contributed by atoms with Crippen molar-refractivity contribution in [2.75, 3.05) is 18.6 Å². The first-order valence-corrected chi connectivity index (χ1v) is 7.17. The number of hydrogen-bond donors (Lipinski definition) is 0. The van der Waals surface area contributed by atoms with Gasteiger partial charge >= 0.3 is 0 Å². The molecule has 16 heavy (non-hydrogen) atoms. The fraction of sp³-hybridized carbons (Fsp3) is 0.545. The lowest BCUT2D eigenvalue weighted by atomic mass is 10.2. The zero-order valence-corrected chi connectivity index (χ0v) is 11.4. The Morgan fingerprint density at radius 1 is 1.50 bits per heavy atom. The predicted molar refractivity (Wildman–Crippen MR) is 71.5 cm³/mol. The van der Waals surface area contributed by atoms with E-state index in [0.29, 0.717) is 16.3 Å². The fourth-order valence-corrected chi connectivity index (χ4v) is 3.53. The molecule has 0 N–H and O–H groups in total. The van der Waals surface area contributed by atoms with Crippen molar-refractivity contribution in [3.63, 3.8) is 0 Å². The molecule has 5 heteroatoms. The molecule has 1 unspecified atom stereocenters. The first-order valence-electron chi connectivity index (χ1n) is 5.25. The van der Waals surface area contributed by atoms with Crippen LogP contribution in [0.15, 0.2) is 12.1 Å². The van der Waals surface area contributed by atoms with Crippen LogP contribution in [-0.4, -0.2) is 34.5 Å². The van der Waals surface area contributed by atoms with Gasteiger partial charge in [-0.1, -0.05) is 29.3 Å². The lowest BCUT2D eigenvalue weighted by Crippen LogP contribution is -2.31. The summed E-state index contributed by atoms with van der Waals surface area (Å²) in [4.78, 5) is 6.40. The number of rotatable bonds is 3. The lowest BCUT2D eigenvalue weighted by Gasteiger charge is -2.23. The summed E-state index contributed by atoms with van der Waals surface area (Å²) in [5.74, 6) is 2.48. The van der Waals surface area contributed by atoms with E-state index in [1.807, 2.05) is 17.8 Å². The Kier molecular flexibility index (Phi) is 4.36. The quantitative estimate of drug-likeness (QED) is 0.788. The van der Waals surface area contributed by atoms with E-state index in [9.17, 15) is 0 Å². The van der Waals surface area contributed by atoms with Crippen LogP contribution < -0.4 is 0 Å². The number of thioether (sulfide) groups is 1. The molecule has 2 nitrogen and oxygen atoms in total. The van der Waals surface area contributed by atoms with Gasteiger partial charge in [0.15, 0.2) is 0 Å². The molecule has 0 aromatic carbocycles. The Hall–Kier alpha value is 0.0400. The Morgan fingerprint density at radius 3 is 2.94 bits per heavy atom. The van der Waals surface area contributed by atoms with Crippen LogP contribution >= 0.6 is 35.0 Å². The fourth-order valence-electron chi connectivity index (χ4n) is 1.83. The molecule has 1 aromatic heterocycles. The minimum atomic E-state index is 0.452. The van der Waals surface area contributed by atoms with E-state index in [0.717, 1.165) is 12.1 Å². The van der Waals surface area contributed by atoms with Gasteiger partial charge in [-0.2, -0.15) is 11.8 Å². The maximum atomic E-state index is 6.05. The Balaban J connectivity index is 2.02. The summed E-state index contributed by atoms with van der Waals surface area (Å²) in [6.07, 6.45) is 1.26. The average molecular weight is 277 g/mol. The molecule has 2 rings (SSSR count). The number of halogens is 2. The number of nitrogens with zero attached hydrogens (tertiary/aromatic N) is 2. The van der Waals surface area contributed by atoms with Crippen LogP contribution in [-0.2, 0) is 6.54 Å². The van der Waals surface area contributed by atoms with Gasteiger partial charge in [0.25, 0.3) is 0 Å². The molecule has 0 saturated carbocycles. The van der Waals surface area contributed by atoms with Crippen LogP contribution in [0.5, 0.6) is 0 Å². The normalized spacial score (nSPS) is 20.6. The van der Waals surface area contributed by atoms with Crippen molar-refractivity contribution in [3.8, 4) is 0 Å². The van der Waals surface area contributed by atoms with Gasteiger partial charge in [0.2, 0.25) is 0 Å². The van der Waals surface area contributed by atoms with Gasteiger partial charge in [-0.15, -0.1) is 0 Å². The minimum Gasteiger partial charge on any atom is -0.298 e. The molecule has 88 valence electrons. The van der Waals surface area contributed by atoms with Crippen LogP contribution in [0.2, 0.25) is 10.3 Å². The zero-order valence-electron chi connectivity index (χ0n) is 9.12. The summed E-state index contributed by atoms with van der Waals surface area (Å²) < 4.78 is 0. The van der Waals surface area contributed by atoms with Crippen molar-refractivity contribution in [2.45, 2.75) is 19.0 Å². The van der Waals surface area contributed by atoms with Gasteiger partial charge < -0.3 is 0 Å². The van der Waals surface area contributed by atoms with Gasteiger partial charge in [-0.05, 0) is 25.3 Å². The van der Waals surface area contributed by atoms with Crippen molar-refractivity contribution in [1.82, 2.24) is 9.88 Å². The van der Waals surface area contributed by atoms with Crippen molar-refractivity contribution < 1.29 is 0 Å². The molecule has 0 bridgehead atoms. The molecule has 2 heterocycles. The second kappa shape index (κ2) is 5.58. The highest BCUT2D eigenvalue weighted by Crippen LogP contribution is 2.24. The highest BCUT2D eigenvalue weighted by molar-refractivity contribution is 7.99. The van der Waals surface area contributed by atoms with Crippen molar-refractivity contribution >= 4 is 35.0 Å². The van der Waals surface area contributed by atoms with E-state index in [1.54, 1.807) is 6.07 Å². The zero-order chi connectivity index (χ0) is 11.5. The molecule has 0 aliphatic carbocycles. The molecule has 1 aliphatic heterocycles. The van der Waals surface area contributed by atoms with E-state index in [-0.39, 0.29) is 0 Å². The molecule has 0 amide bonds. The highest BCUT2D eigenvalue weighted by atomic mass is 35.5. The van der Waals surface area contributed by atoms with Gasteiger partial charge in [-0.3, -0.25) is 4.90 Å². The van der Waals surface area contributed by atoms with Gasteiger partial charge in [0.05, 0.1) is 0 Å². The maximum absolute atomic E-state index is 6.05. The van der Waals surface area contributed by atoms with E-state index in [1.165, 1.54) is 17.9 Å². The predicted octanol–water partition coefficient (Wildman–Crippen LogP) is 3.33. The summed E-state index contributed by atoms with van der Waals surface area (Å²) in [5.41, 5.74) is 1.05. The van der Waals surface area contributed by atoms with Crippen LogP contribution in [0.3, 0.4) is 0 Å². The number of hydrogen-bond acceptors (Lipinski definition) is 3. The van der Waals surface area contributed by atoms with Crippen molar-refractivity contribution in [1.29, 1.82) is 0 Å². The number of pyridine rings is 1. The Labute approximate surface area is 110 Å². The molecule has 1 aromatic rings. The average Bonchev–Trinajstić information content (AvgIpc) is 2.75. The first kappa shape index (κ1) is 12.5. The lowest BCUT2D eigenvalue weighted by molar-refractivity contribution is 0.254. The second-order valence-corrected chi connectivity index (χ2v) is 5.91. The molecule has 0 radical (unpaired) electrons. The summed E-state index contributed by atoms with van der Waals surface area (Å²) in [7, 11) is 2.14. The largest absolute Gasteiger partial charge is 0.298 e. The molecule has 1 aliphatic rings. The van der Waals surface area contributed by atoms with E-state index >= 15 is 0 Å². The molecular weight excluding hydrogens is 263 g/mol. The Bertz CT molecular complexity index is 367. The second-order valence-electron chi connectivity index (χ2n) is 4.02. The summed E-state index contributed by atoms with van der Waals surface area (Å²) >= 11 is 13.8. The first-order chi connectivity index (χ1) is 7.66. The molecule has 1 fully saturated rings. The van der Waals surface area contributed by atoms with Gasteiger partial charge in [0.1, 0.15) is 10.3 Å². The Morgan fingerprint density at radius 2 is 2.31 bits per heavy atom. The van der Waals surface area contributed by atoms with Crippen LogP contribution in [0.4, 0.5) is 0 Å². The van der Waals surface area contributed by atoms with Crippen LogP contribution in [0.25, 0.3) is 0 Å². The topological polar surface area (TPSA) is 16.1 Å². The molecular formula is C11H14Cl2N2S. The van der Waals surface area contributed by atoms with E-state index in [2.05, 4.69) is 16.9 Å². The van der Waals surface area contributed by atoms with Crippen LogP contribution in [0, 0.1) is 0 Å². The van der Waals surface area contributed by atoms with Gasteiger partial charge in [0, 0.05) is 23.9 Å². The molecule has 1 saturated heterocycles. The smallest absolute Gasteiger partial charge is 0.135 e. The van der Waals surface area contributed by atoms with E-state index < -0.39 is 0 Å². The minimum absolute atomic E-state index is 0.452. The molecule has 0 spiro atoms. The third-order valence-corrected chi connectivity index (χ3v) is 4.52. The SMILES string of the molecule is CN(Cc1ccc(Cl)nc1Cl)C1CCSC1. The van der Waals surface area contributed by atoms with Gasteiger partial charge in [-0.25, -0.2) is 4.98 Å². The summed E-state index contributed by atoms with van der Waals surface area (Å²) in [5, 5.41) is 0.970. The standard InChI is InChI=1S/C11H14Cl2N2S/c1-15(9-4-5-16-7-9)6-8-2-3-10(12)14-11(8)13/h2-3,9H,4-7H2,1H3. The van der Waals surface area contributed by atoms with E-state index in [4.69, 9.17) is 23.2 Å². The summed E-state index contributed by atoms with van der Waals surface area (Å²) in [6, 6.07) is 4.41. The van der Waals surface area contributed by atoms with Crippen molar-refractivity contribution in [3.05, 3.63) is 28.0 Å². The van der Waals surface area contributed by atoms with Crippen molar-refractivity contribution in [2.24, 2.45) is 0 Å². The third-order valence-electron chi connectivity index (χ3n) is 2.84. The van der Waals surface area contributed by atoms with Crippen LogP contribution in [0.1, 0.15) is 12.0 Å². The summed E-state index contributed by atoms with van der Waals surface area (Å²) in [6.45, 7) is 0.841. The third kappa shape index (κ3) is 3.04.